The number of nitrogens with one attached hydrogen (secondary N) is 2. The second-order valence-corrected chi connectivity index (χ2v) is 7.85. The van der Waals surface area contributed by atoms with Crippen molar-refractivity contribution in [3.05, 3.63) is 71.5 Å². The first-order valence-electron chi connectivity index (χ1n) is 10.1. The van der Waals surface area contributed by atoms with Crippen LogP contribution in [0.15, 0.2) is 60.8 Å². The Labute approximate surface area is 185 Å². The molecule has 8 nitrogen and oxygen atoms in total. The second-order valence-electron chi connectivity index (χ2n) is 7.44. The first kappa shape index (κ1) is 21.0. The maximum atomic E-state index is 12.6. The summed E-state index contributed by atoms with van der Waals surface area (Å²) >= 11 is 6.18. The van der Waals surface area contributed by atoms with Gasteiger partial charge in [0.25, 0.3) is 5.91 Å². The smallest absolute Gasteiger partial charge is 0.273 e. The molecule has 2 heterocycles. The average Bonchev–Trinajstić information content (AvgIpc) is 3.26. The van der Waals surface area contributed by atoms with Gasteiger partial charge in [-0.2, -0.15) is 0 Å². The van der Waals surface area contributed by atoms with Crippen molar-refractivity contribution in [2.75, 3.05) is 25.0 Å². The number of aromatic nitrogens is 3. The molecule has 0 atom stereocenters. The molecular formula is C22H23ClN6O2. The predicted molar refractivity (Wildman–Crippen MR) is 118 cm³/mol. The molecule has 4 rings (SSSR count). The number of nitrogens with zero attached hydrogens (tertiary/aromatic N) is 4. The van der Waals surface area contributed by atoms with Gasteiger partial charge in [-0.15, -0.1) is 5.10 Å². The van der Waals surface area contributed by atoms with E-state index in [2.05, 4.69) is 25.8 Å². The van der Waals surface area contributed by atoms with Crippen LogP contribution in [0.4, 0.5) is 5.69 Å². The highest BCUT2D eigenvalue weighted by molar-refractivity contribution is 6.32. The number of carbonyl (C=O) groups is 2. The van der Waals surface area contributed by atoms with Crippen LogP contribution in [0.25, 0.3) is 5.69 Å². The monoisotopic (exact) mass is 438 g/mol. The average molecular weight is 439 g/mol. The van der Waals surface area contributed by atoms with Gasteiger partial charge in [-0.1, -0.05) is 47.1 Å². The van der Waals surface area contributed by atoms with Crippen LogP contribution >= 0.6 is 11.6 Å². The van der Waals surface area contributed by atoms with Gasteiger partial charge in [0.15, 0.2) is 5.69 Å². The maximum Gasteiger partial charge on any atom is 0.273 e. The fraction of sp³-hybridized carbons (Fsp3) is 0.273. The zero-order chi connectivity index (χ0) is 21.6. The molecule has 0 saturated carbocycles. The molecule has 2 amide bonds. The highest BCUT2D eigenvalue weighted by Gasteiger charge is 2.23. The number of para-hydroxylation sites is 2. The molecule has 0 radical (unpaired) electrons. The summed E-state index contributed by atoms with van der Waals surface area (Å²) < 4.78 is 1.49. The van der Waals surface area contributed by atoms with Crippen molar-refractivity contribution in [3.63, 3.8) is 0 Å². The van der Waals surface area contributed by atoms with E-state index in [1.54, 1.807) is 12.3 Å². The van der Waals surface area contributed by atoms with Gasteiger partial charge in [0.05, 0.1) is 23.5 Å². The lowest BCUT2D eigenvalue weighted by Crippen LogP contribution is -2.46. The molecular weight excluding hydrogens is 416 g/mol. The Hall–Kier alpha value is -3.23. The molecule has 2 N–H and O–H groups in total. The summed E-state index contributed by atoms with van der Waals surface area (Å²) in [5.41, 5.74) is 1.70. The van der Waals surface area contributed by atoms with Crippen molar-refractivity contribution < 1.29 is 9.59 Å². The van der Waals surface area contributed by atoms with Crippen molar-refractivity contribution in [1.82, 2.24) is 25.2 Å². The van der Waals surface area contributed by atoms with Crippen molar-refractivity contribution >= 4 is 29.1 Å². The standard InChI is InChI=1S/C22H23ClN6O2/c23-18-8-4-5-9-20(18)29-14-19(26-27-29)22(31)25-17-10-12-28(13-11-17)15-21(30)24-16-6-2-1-3-7-16/h1-9,14,17H,10-13,15H2,(H,24,30)(H,25,31). The van der Waals surface area contributed by atoms with Gasteiger partial charge in [0.1, 0.15) is 0 Å². The normalized spacial score (nSPS) is 14.9. The topological polar surface area (TPSA) is 92.2 Å². The highest BCUT2D eigenvalue weighted by atomic mass is 35.5. The molecule has 2 aromatic carbocycles. The Bertz CT molecular complexity index is 1050. The molecule has 1 saturated heterocycles. The van der Waals surface area contributed by atoms with Gasteiger partial charge in [-0.05, 0) is 37.1 Å². The number of rotatable bonds is 6. The van der Waals surface area contributed by atoms with Crippen LogP contribution in [0.1, 0.15) is 23.3 Å². The van der Waals surface area contributed by atoms with Gasteiger partial charge >= 0.3 is 0 Å². The van der Waals surface area contributed by atoms with Crippen LogP contribution in [0.2, 0.25) is 5.02 Å². The molecule has 1 aliphatic rings. The third kappa shape index (κ3) is 5.48. The third-order valence-electron chi connectivity index (χ3n) is 5.17. The number of carbonyl (C=O) groups excluding carboxylic acids is 2. The lowest BCUT2D eigenvalue weighted by Gasteiger charge is -2.31. The summed E-state index contributed by atoms with van der Waals surface area (Å²) in [5.74, 6) is -0.302. The fourth-order valence-corrected chi connectivity index (χ4v) is 3.77. The number of likely N-dealkylation sites (tertiary alicyclic amines) is 1. The fourth-order valence-electron chi connectivity index (χ4n) is 3.54. The zero-order valence-electron chi connectivity index (χ0n) is 16.9. The summed E-state index contributed by atoms with van der Waals surface area (Å²) in [6.45, 7) is 1.81. The highest BCUT2D eigenvalue weighted by Crippen LogP contribution is 2.19. The van der Waals surface area contributed by atoms with Crippen LogP contribution < -0.4 is 10.6 Å². The van der Waals surface area contributed by atoms with E-state index in [-0.39, 0.29) is 23.6 Å². The third-order valence-corrected chi connectivity index (χ3v) is 5.49. The van der Waals surface area contributed by atoms with Gasteiger partial charge in [0, 0.05) is 24.8 Å². The quantitative estimate of drug-likeness (QED) is 0.617. The van der Waals surface area contributed by atoms with E-state index in [1.807, 2.05) is 48.5 Å². The van der Waals surface area contributed by atoms with E-state index in [4.69, 9.17) is 11.6 Å². The predicted octanol–water partition coefficient (Wildman–Crippen LogP) is 2.75. The number of amides is 2. The van der Waals surface area contributed by atoms with Crippen molar-refractivity contribution in [3.8, 4) is 5.69 Å². The van der Waals surface area contributed by atoms with E-state index in [1.165, 1.54) is 4.68 Å². The number of anilines is 1. The summed E-state index contributed by atoms with van der Waals surface area (Å²) in [4.78, 5) is 26.9. The molecule has 1 fully saturated rings. The van der Waals surface area contributed by atoms with Gasteiger partial charge < -0.3 is 10.6 Å². The van der Waals surface area contributed by atoms with Crippen molar-refractivity contribution in [2.45, 2.75) is 18.9 Å². The van der Waals surface area contributed by atoms with E-state index in [9.17, 15) is 9.59 Å². The van der Waals surface area contributed by atoms with Crippen LogP contribution in [-0.4, -0.2) is 57.4 Å². The number of piperidine rings is 1. The minimum Gasteiger partial charge on any atom is -0.348 e. The van der Waals surface area contributed by atoms with E-state index >= 15 is 0 Å². The minimum absolute atomic E-state index is 0.0337. The molecule has 0 unspecified atom stereocenters. The SMILES string of the molecule is O=C(CN1CCC(NC(=O)c2cn(-c3ccccc3Cl)nn2)CC1)Nc1ccccc1. The molecule has 1 aliphatic heterocycles. The number of halogens is 1. The number of hydrogen-bond donors (Lipinski definition) is 2. The van der Waals surface area contributed by atoms with Crippen molar-refractivity contribution in [1.29, 1.82) is 0 Å². The maximum absolute atomic E-state index is 12.6. The molecule has 0 spiro atoms. The molecule has 0 aliphatic carbocycles. The lowest BCUT2D eigenvalue weighted by atomic mass is 10.0. The number of benzene rings is 2. The molecule has 9 heteroatoms. The molecule has 3 aromatic rings. The Morgan fingerprint density at radius 1 is 1.03 bits per heavy atom. The Morgan fingerprint density at radius 3 is 2.48 bits per heavy atom. The van der Waals surface area contributed by atoms with Crippen LogP contribution in [0.3, 0.4) is 0 Å². The van der Waals surface area contributed by atoms with Crippen molar-refractivity contribution in [2.24, 2.45) is 0 Å². The van der Waals surface area contributed by atoms with Gasteiger partial charge in [0.2, 0.25) is 5.91 Å². The Morgan fingerprint density at radius 2 is 1.74 bits per heavy atom. The Kier molecular flexibility index (Phi) is 6.59. The minimum atomic E-state index is -0.265. The molecule has 0 bridgehead atoms. The van der Waals surface area contributed by atoms with E-state index < -0.39 is 0 Å². The first-order chi connectivity index (χ1) is 15.1. The lowest BCUT2D eigenvalue weighted by molar-refractivity contribution is -0.117. The van der Waals surface area contributed by atoms with E-state index in [0.29, 0.717) is 17.3 Å². The van der Waals surface area contributed by atoms with Gasteiger partial charge in [-0.25, -0.2) is 4.68 Å². The van der Waals surface area contributed by atoms with Gasteiger partial charge in [-0.3, -0.25) is 14.5 Å². The summed E-state index contributed by atoms with van der Waals surface area (Å²) in [5, 5.41) is 14.4. The molecule has 160 valence electrons. The summed E-state index contributed by atoms with van der Waals surface area (Å²) in [6.07, 6.45) is 3.10. The van der Waals surface area contributed by atoms with Crippen LogP contribution in [0, 0.1) is 0 Å². The van der Waals surface area contributed by atoms with E-state index in [0.717, 1.165) is 31.6 Å². The number of hydrogen-bond acceptors (Lipinski definition) is 5. The summed E-state index contributed by atoms with van der Waals surface area (Å²) in [7, 11) is 0. The summed E-state index contributed by atoms with van der Waals surface area (Å²) in [6, 6.07) is 16.7. The Balaban J connectivity index is 1.25. The zero-order valence-corrected chi connectivity index (χ0v) is 17.6. The second kappa shape index (κ2) is 9.72. The first-order valence-corrected chi connectivity index (χ1v) is 10.5. The largest absolute Gasteiger partial charge is 0.348 e. The van der Waals surface area contributed by atoms with Crippen LogP contribution in [0.5, 0.6) is 0 Å². The molecule has 31 heavy (non-hydrogen) atoms. The molecule has 1 aromatic heterocycles. The van der Waals surface area contributed by atoms with Crippen LogP contribution in [-0.2, 0) is 4.79 Å².